The van der Waals surface area contributed by atoms with E-state index in [9.17, 15) is 9.59 Å². The summed E-state index contributed by atoms with van der Waals surface area (Å²) in [5, 5.41) is 18.3. The Morgan fingerprint density at radius 3 is 1.56 bits per heavy atom. The molecule has 0 unspecified atom stereocenters. The van der Waals surface area contributed by atoms with Gasteiger partial charge in [0.25, 0.3) is 0 Å². The van der Waals surface area contributed by atoms with Crippen molar-refractivity contribution in [3.8, 4) is 34.1 Å². The van der Waals surface area contributed by atoms with Gasteiger partial charge in [0.15, 0.2) is 10.9 Å². The van der Waals surface area contributed by atoms with Crippen LogP contribution in [0.1, 0.15) is 11.4 Å². The van der Waals surface area contributed by atoms with Gasteiger partial charge in [-0.2, -0.15) is 0 Å². The lowest BCUT2D eigenvalue weighted by Gasteiger charge is -2.33. The van der Waals surface area contributed by atoms with Gasteiger partial charge in [0, 0.05) is 81.0 Å². The Labute approximate surface area is 368 Å². The van der Waals surface area contributed by atoms with Crippen molar-refractivity contribution < 1.29 is 27.8 Å². The molecule has 0 radical (unpaired) electrons. The second-order valence-electron chi connectivity index (χ2n) is 15.4. The van der Waals surface area contributed by atoms with Crippen molar-refractivity contribution >= 4 is 21.9 Å². The maximum absolute atomic E-state index is 12.8. The van der Waals surface area contributed by atoms with Crippen molar-refractivity contribution in [3.63, 3.8) is 0 Å². The number of piperazine rings is 1. The second kappa shape index (κ2) is 20.5. The van der Waals surface area contributed by atoms with E-state index < -0.39 is 0 Å². The lowest BCUT2D eigenvalue weighted by atomic mass is 10.1. The van der Waals surface area contributed by atoms with Crippen LogP contribution in [0.5, 0.6) is 11.5 Å². The van der Waals surface area contributed by atoms with Gasteiger partial charge in [-0.25, -0.2) is 9.36 Å². The number of hydrogen-bond acceptors (Lipinski definition) is 14. The normalized spacial score (nSPS) is 13.5. The molecule has 9 rings (SSSR count). The molecule has 0 bridgehead atoms. The predicted octanol–water partition coefficient (Wildman–Crippen LogP) is 5.93. The highest BCUT2D eigenvalue weighted by molar-refractivity contribution is 5.81. The Hall–Kier alpha value is -6.98. The molecule has 1 aliphatic rings. The van der Waals surface area contributed by atoms with Gasteiger partial charge in [-0.3, -0.25) is 19.4 Å². The molecule has 4 aromatic heterocycles. The van der Waals surface area contributed by atoms with Crippen LogP contribution in [0.3, 0.4) is 0 Å². The average molecular weight is 865 g/mol. The first-order valence-electron chi connectivity index (χ1n) is 21.4. The van der Waals surface area contributed by atoms with E-state index in [1.54, 1.807) is 45.8 Å². The van der Waals surface area contributed by atoms with Crippen LogP contribution in [0.15, 0.2) is 140 Å². The molecule has 1 saturated heterocycles. The van der Waals surface area contributed by atoms with Crippen molar-refractivity contribution in [1.29, 1.82) is 0 Å². The van der Waals surface area contributed by atoms with E-state index in [0.29, 0.717) is 97.7 Å². The second-order valence-corrected chi connectivity index (χ2v) is 15.4. The fourth-order valence-corrected chi connectivity index (χ4v) is 7.50. The lowest BCUT2D eigenvalue weighted by molar-refractivity contribution is 0.0923. The highest BCUT2D eigenvalue weighted by Crippen LogP contribution is 2.26. The molecule has 64 heavy (non-hydrogen) atoms. The SMILES string of the molecule is O=c1cc(-c2ccccc2)oc2cc(OCCOCCn3cc(CN4CCN(Cc5cn(CCOCCOc6ccc7oc(-c8ccccc8)cc(=O)c7c6)nn5)CC4)nn3)ccc12. The van der Waals surface area contributed by atoms with Gasteiger partial charge >= 0.3 is 0 Å². The van der Waals surface area contributed by atoms with Gasteiger partial charge in [-0.1, -0.05) is 71.1 Å². The van der Waals surface area contributed by atoms with Crippen LogP contribution >= 0.6 is 0 Å². The minimum atomic E-state index is -0.119. The lowest BCUT2D eigenvalue weighted by Crippen LogP contribution is -2.45. The molecule has 1 fully saturated rings. The first-order valence-corrected chi connectivity index (χ1v) is 21.4. The van der Waals surface area contributed by atoms with Gasteiger partial charge in [0.2, 0.25) is 0 Å². The van der Waals surface area contributed by atoms with Gasteiger partial charge in [0.1, 0.15) is 47.4 Å². The molecule has 0 atom stereocenters. The van der Waals surface area contributed by atoms with Crippen LogP contribution in [0, 0.1) is 0 Å². The number of rotatable bonds is 20. The topological polar surface area (TPSA) is 165 Å². The standard InChI is InChI=1S/C48H48N8O8/c57-43-29-47(36-9-5-2-6-10-36)64-48-28-40(11-13-41(43)48)62-26-24-60-22-20-56-34-38(50-52-56)32-54-17-15-53(16-18-54)31-37-33-55(51-49-37)19-21-59-23-25-61-39-12-14-45-42(27-39)44(58)30-46(63-45)35-7-3-1-4-8-35/h1-14,27-30,33-34H,15-26,31-32H2. The van der Waals surface area contributed by atoms with Crippen molar-refractivity contribution in [1.82, 2.24) is 39.8 Å². The number of nitrogens with zero attached hydrogens (tertiary/aromatic N) is 8. The van der Waals surface area contributed by atoms with E-state index >= 15 is 0 Å². The zero-order valence-electron chi connectivity index (χ0n) is 35.3. The third-order valence-corrected chi connectivity index (χ3v) is 10.8. The van der Waals surface area contributed by atoms with Crippen LogP contribution in [0.25, 0.3) is 44.6 Å². The van der Waals surface area contributed by atoms with E-state index in [-0.39, 0.29) is 10.9 Å². The maximum Gasteiger partial charge on any atom is 0.193 e. The summed E-state index contributed by atoms with van der Waals surface area (Å²) in [6.07, 6.45) is 3.94. The van der Waals surface area contributed by atoms with E-state index in [1.165, 1.54) is 12.1 Å². The first kappa shape index (κ1) is 42.3. The molecule has 16 nitrogen and oxygen atoms in total. The van der Waals surface area contributed by atoms with Crippen molar-refractivity contribution in [3.05, 3.63) is 153 Å². The molecule has 0 aliphatic carbocycles. The van der Waals surface area contributed by atoms with Crippen molar-refractivity contribution in [2.24, 2.45) is 0 Å². The molecule has 16 heteroatoms. The maximum atomic E-state index is 12.8. The minimum absolute atomic E-state index is 0.0968. The number of aromatic nitrogens is 6. The quantitative estimate of drug-likeness (QED) is 0.0829. The van der Waals surface area contributed by atoms with Crippen LogP contribution in [-0.2, 0) is 35.7 Å². The van der Waals surface area contributed by atoms with Crippen LogP contribution in [0.2, 0.25) is 0 Å². The third-order valence-electron chi connectivity index (χ3n) is 10.8. The van der Waals surface area contributed by atoms with Gasteiger partial charge in [-0.05, 0) is 30.3 Å². The Balaban J connectivity index is 0.626. The summed E-state index contributed by atoms with van der Waals surface area (Å²) in [7, 11) is 0. The van der Waals surface area contributed by atoms with E-state index in [4.69, 9.17) is 27.8 Å². The molecule has 0 amide bonds. The van der Waals surface area contributed by atoms with Crippen molar-refractivity contribution in [2.75, 3.05) is 65.8 Å². The molecule has 4 aromatic carbocycles. The Kier molecular flexibility index (Phi) is 13.5. The number of benzene rings is 4. The molecule has 328 valence electrons. The monoisotopic (exact) mass is 864 g/mol. The predicted molar refractivity (Wildman–Crippen MR) is 239 cm³/mol. The molecular weight excluding hydrogens is 817 g/mol. The summed E-state index contributed by atoms with van der Waals surface area (Å²) in [6, 6.07) is 32.6. The molecule has 0 spiro atoms. The Morgan fingerprint density at radius 1 is 0.500 bits per heavy atom. The van der Waals surface area contributed by atoms with Crippen LogP contribution in [-0.4, -0.2) is 106 Å². The molecule has 8 aromatic rings. The zero-order chi connectivity index (χ0) is 43.5. The van der Waals surface area contributed by atoms with Gasteiger partial charge in [-0.15, -0.1) is 10.2 Å². The summed E-state index contributed by atoms with van der Waals surface area (Å²) in [5.41, 5.74) is 4.31. The van der Waals surface area contributed by atoms with Crippen molar-refractivity contribution in [2.45, 2.75) is 26.2 Å². The average Bonchev–Trinajstić information content (AvgIpc) is 3.98. The fourth-order valence-electron chi connectivity index (χ4n) is 7.50. The largest absolute Gasteiger partial charge is 0.491 e. The third kappa shape index (κ3) is 11.0. The fraction of sp³-hybridized carbons (Fsp3) is 0.292. The first-order chi connectivity index (χ1) is 31.5. The minimum Gasteiger partial charge on any atom is -0.491 e. The zero-order valence-corrected chi connectivity index (χ0v) is 35.3. The summed E-state index contributed by atoms with van der Waals surface area (Å²) >= 11 is 0. The van der Waals surface area contributed by atoms with Gasteiger partial charge < -0.3 is 27.8 Å². The Morgan fingerprint density at radius 2 is 1.00 bits per heavy atom. The van der Waals surface area contributed by atoms with E-state index in [1.807, 2.05) is 73.1 Å². The number of fused-ring (bicyclic) bond motifs is 2. The molecular formula is C48H48N8O8. The van der Waals surface area contributed by atoms with Crippen LogP contribution in [0.4, 0.5) is 0 Å². The van der Waals surface area contributed by atoms with E-state index in [0.717, 1.165) is 61.8 Å². The number of hydrogen-bond donors (Lipinski definition) is 0. The highest BCUT2D eigenvalue weighted by Gasteiger charge is 2.19. The van der Waals surface area contributed by atoms with Crippen LogP contribution < -0.4 is 20.3 Å². The summed E-state index contributed by atoms with van der Waals surface area (Å²) in [5.74, 6) is 2.24. The summed E-state index contributed by atoms with van der Waals surface area (Å²) < 4.78 is 38.9. The Bertz CT molecular complexity index is 2890. The number of ether oxygens (including phenoxy) is 4. The van der Waals surface area contributed by atoms with E-state index in [2.05, 4.69) is 30.4 Å². The smallest absolute Gasteiger partial charge is 0.193 e. The molecule has 0 N–H and O–H groups in total. The summed E-state index contributed by atoms with van der Waals surface area (Å²) in [4.78, 5) is 30.2. The molecule has 5 heterocycles. The highest BCUT2D eigenvalue weighted by atomic mass is 16.5. The molecule has 1 aliphatic heterocycles. The van der Waals surface area contributed by atoms with Gasteiger partial charge in [0.05, 0.1) is 61.7 Å². The summed E-state index contributed by atoms with van der Waals surface area (Å²) in [6.45, 7) is 8.71. The molecule has 0 saturated carbocycles.